The molecule has 0 aliphatic heterocycles. The Balaban J connectivity index is 3.01. The number of aliphatic hydroxyl groups is 1. The first kappa shape index (κ1) is 13.4. The van der Waals surface area contributed by atoms with Crippen LogP contribution in [0, 0.1) is 11.6 Å². The van der Waals surface area contributed by atoms with Gasteiger partial charge in [0.15, 0.2) is 0 Å². The molecule has 0 saturated carbocycles. The Morgan fingerprint density at radius 2 is 2.00 bits per heavy atom. The van der Waals surface area contributed by atoms with E-state index in [9.17, 15) is 13.6 Å². The van der Waals surface area contributed by atoms with Crippen LogP contribution >= 0.6 is 0 Å². The van der Waals surface area contributed by atoms with Gasteiger partial charge in [0.2, 0.25) is 0 Å². The molecule has 94 valence electrons. The molecule has 0 radical (unpaired) electrons. The number of carbonyl (C=O) groups excluding carboxylic acids is 1. The molecule has 0 aromatic heterocycles. The van der Waals surface area contributed by atoms with Crippen LogP contribution < -0.4 is 11.1 Å². The lowest BCUT2D eigenvalue weighted by Crippen LogP contribution is -2.46. The van der Waals surface area contributed by atoms with Crippen LogP contribution in [0.25, 0.3) is 0 Å². The zero-order valence-corrected chi connectivity index (χ0v) is 9.55. The van der Waals surface area contributed by atoms with Crippen molar-refractivity contribution in [2.45, 2.75) is 19.4 Å². The van der Waals surface area contributed by atoms with Gasteiger partial charge in [-0.05, 0) is 19.9 Å². The first-order chi connectivity index (χ1) is 7.76. The molecule has 1 rings (SSSR count). The van der Waals surface area contributed by atoms with Gasteiger partial charge in [0.1, 0.15) is 11.6 Å². The highest BCUT2D eigenvalue weighted by molar-refractivity contribution is 5.95. The molecule has 0 fully saturated rings. The molecule has 0 saturated heterocycles. The first-order valence-electron chi connectivity index (χ1n) is 4.95. The highest BCUT2D eigenvalue weighted by Gasteiger charge is 2.22. The number of hydrogen-bond acceptors (Lipinski definition) is 3. The second kappa shape index (κ2) is 4.67. The molecule has 0 bridgehead atoms. The second-order valence-electron chi connectivity index (χ2n) is 4.35. The van der Waals surface area contributed by atoms with E-state index < -0.39 is 23.1 Å². The van der Waals surface area contributed by atoms with Gasteiger partial charge in [-0.3, -0.25) is 4.79 Å². The lowest BCUT2D eigenvalue weighted by molar-refractivity contribution is 0.0865. The van der Waals surface area contributed by atoms with Crippen molar-refractivity contribution in [3.05, 3.63) is 29.3 Å². The van der Waals surface area contributed by atoms with Crippen LogP contribution in [0.2, 0.25) is 0 Å². The topological polar surface area (TPSA) is 75.3 Å². The van der Waals surface area contributed by atoms with Crippen molar-refractivity contribution in [2.24, 2.45) is 0 Å². The standard InChI is InChI=1S/C11H14F2N2O2/c1-11(2,5-16)15-10(17)6-3-9(14)8(13)4-7(6)12/h3-4,16H,5,14H2,1-2H3,(H,15,17). The van der Waals surface area contributed by atoms with Crippen molar-refractivity contribution in [2.75, 3.05) is 12.3 Å². The monoisotopic (exact) mass is 244 g/mol. The highest BCUT2D eigenvalue weighted by Crippen LogP contribution is 2.17. The Hall–Kier alpha value is -1.69. The van der Waals surface area contributed by atoms with Gasteiger partial charge in [0.25, 0.3) is 5.91 Å². The van der Waals surface area contributed by atoms with Crippen LogP contribution in [0.15, 0.2) is 12.1 Å². The number of aliphatic hydroxyl groups excluding tert-OH is 1. The number of amides is 1. The molecular formula is C11H14F2N2O2. The van der Waals surface area contributed by atoms with Crippen LogP contribution in [0.1, 0.15) is 24.2 Å². The molecule has 1 aromatic rings. The van der Waals surface area contributed by atoms with Gasteiger partial charge in [0, 0.05) is 6.07 Å². The summed E-state index contributed by atoms with van der Waals surface area (Å²) >= 11 is 0. The van der Waals surface area contributed by atoms with E-state index >= 15 is 0 Å². The Labute approximate surface area is 97.4 Å². The van der Waals surface area contributed by atoms with E-state index in [0.717, 1.165) is 6.07 Å². The number of rotatable bonds is 3. The van der Waals surface area contributed by atoms with Crippen LogP contribution in [-0.2, 0) is 0 Å². The number of nitrogens with one attached hydrogen (secondary N) is 1. The fourth-order valence-electron chi connectivity index (χ4n) is 1.15. The molecule has 4 nitrogen and oxygen atoms in total. The summed E-state index contributed by atoms with van der Waals surface area (Å²) in [5.74, 6) is -2.67. The predicted molar refractivity (Wildman–Crippen MR) is 59.4 cm³/mol. The third-order valence-corrected chi connectivity index (χ3v) is 2.18. The molecule has 0 heterocycles. The maximum absolute atomic E-state index is 13.3. The zero-order valence-electron chi connectivity index (χ0n) is 9.55. The summed E-state index contributed by atoms with van der Waals surface area (Å²) < 4.78 is 26.2. The molecular weight excluding hydrogens is 230 g/mol. The summed E-state index contributed by atoms with van der Waals surface area (Å²) in [7, 11) is 0. The summed E-state index contributed by atoms with van der Waals surface area (Å²) in [6, 6.07) is 1.48. The number of carbonyl (C=O) groups is 1. The van der Waals surface area contributed by atoms with E-state index in [1.807, 2.05) is 0 Å². The molecule has 0 aliphatic carbocycles. The molecule has 0 unspecified atom stereocenters. The van der Waals surface area contributed by atoms with Crippen LogP contribution in [0.5, 0.6) is 0 Å². The lowest BCUT2D eigenvalue weighted by atomic mass is 10.1. The van der Waals surface area contributed by atoms with E-state index in [1.54, 1.807) is 13.8 Å². The molecule has 0 aliphatic rings. The normalized spacial score (nSPS) is 11.4. The second-order valence-corrected chi connectivity index (χ2v) is 4.35. The minimum atomic E-state index is -0.997. The van der Waals surface area contributed by atoms with E-state index in [0.29, 0.717) is 6.07 Å². The van der Waals surface area contributed by atoms with Crippen molar-refractivity contribution >= 4 is 11.6 Å². The van der Waals surface area contributed by atoms with Crippen LogP contribution in [-0.4, -0.2) is 23.2 Å². The van der Waals surface area contributed by atoms with Gasteiger partial charge in [-0.1, -0.05) is 0 Å². The fourth-order valence-corrected chi connectivity index (χ4v) is 1.15. The molecule has 6 heteroatoms. The molecule has 1 amide bonds. The minimum absolute atomic E-state index is 0.307. The van der Waals surface area contributed by atoms with Gasteiger partial charge < -0.3 is 16.2 Å². The molecule has 0 spiro atoms. The van der Waals surface area contributed by atoms with Gasteiger partial charge >= 0.3 is 0 Å². The highest BCUT2D eigenvalue weighted by atomic mass is 19.1. The predicted octanol–water partition coefficient (Wildman–Crippen LogP) is 1.05. The van der Waals surface area contributed by atoms with E-state index in [2.05, 4.69) is 5.32 Å². The summed E-state index contributed by atoms with van der Waals surface area (Å²) in [5, 5.41) is 11.4. The Morgan fingerprint density at radius 3 is 2.53 bits per heavy atom. The van der Waals surface area contributed by atoms with Crippen molar-refractivity contribution in [3.63, 3.8) is 0 Å². The average Bonchev–Trinajstić information content (AvgIpc) is 2.22. The first-order valence-corrected chi connectivity index (χ1v) is 4.95. The quantitative estimate of drug-likeness (QED) is 0.695. The summed E-state index contributed by atoms with van der Waals surface area (Å²) in [4.78, 5) is 11.7. The smallest absolute Gasteiger partial charge is 0.254 e. The summed E-state index contributed by atoms with van der Waals surface area (Å²) in [6.07, 6.45) is 0. The number of nitrogens with two attached hydrogens (primary N) is 1. The molecule has 0 atom stereocenters. The maximum Gasteiger partial charge on any atom is 0.254 e. The van der Waals surface area contributed by atoms with Crippen molar-refractivity contribution < 1.29 is 18.7 Å². The zero-order chi connectivity index (χ0) is 13.2. The van der Waals surface area contributed by atoms with Gasteiger partial charge in [0.05, 0.1) is 23.4 Å². The third kappa shape index (κ3) is 3.13. The number of anilines is 1. The number of halogens is 2. The van der Waals surface area contributed by atoms with Crippen molar-refractivity contribution in [1.82, 2.24) is 5.32 Å². The molecule has 17 heavy (non-hydrogen) atoms. The Morgan fingerprint density at radius 1 is 1.41 bits per heavy atom. The van der Waals surface area contributed by atoms with Gasteiger partial charge in [-0.15, -0.1) is 0 Å². The number of benzene rings is 1. The molecule has 1 aromatic carbocycles. The summed E-state index contributed by atoms with van der Waals surface area (Å²) in [6.45, 7) is 2.82. The fraction of sp³-hybridized carbons (Fsp3) is 0.364. The largest absolute Gasteiger partial charge is 0.396 e. The van der Waals surface area contributed by atoms with E-state index in [-0.39, 0.29) is 17.9 Å². The maximum atomic E-state index is 13.3. The van der Waals surface area contributed by atoms with Crippen LogP contribution in [0.4, 0.5) is 14.5 Å². The van der Waals surface area contributed by atoms with Gasteiger partial charge in [-0.25, -0.2) is 8.78 Å². The Kier molecular flexibility index (Phi) is 3.67. The lowest BCUT2D eigenvalue weighted by Gasteiger charge is -2.23. The van der Waals surface area contributed by atoms with Crippen molar-refractivity contribution in [3.8, 4) is 0 Å². The third-order valence-electron chi connectivity index (χ3n) is 2.18. The summed E-state index contributed by atoms with van der Waals surface area (Å²) in [5.41, 5.74) is 3.69. The number of nitrogen functional groups attached to an aromatic ring is 1. The van der Waals surface area contributed by atoms with Crippen molar-refractivity contribution in [1.29, 1.82) is 0 Å². The van der Waals surface area contributed by atoms with Gasteiger partial charge in [-0.2, -0.15) is 0 Å². The average molecular weight is 244 g/mol. The van der Waals surface area contributed by atoms with E-state index in [1.165, 1.54) is 0 Å². The Bertz CT molecular complexity index is 447. The van der Waals surface area contributed by atoms with E-state index in [4.69, 9.17) is 10.8 Å². The SMILES string of the molecule is CC(C)(CO)NC(=O)c1cc(N)c(F)cc1F. The number of hydrogen-bond donors (Lipinski definition) is 3. The minimum Gasteiger partial charge on any atom is -0.396 e. The van der Waals surface area contributed by atoms with Crippen LogP contribution in [0.3, 0.4) is 0 Å². The molecule has 4 N–H and O–H groups in total.